The van der Waals surface area contributed by atoms with Crippen molar-refractivity contribution in [2.24, 2.45) is 0 Å². The van der Waals surface area contributed by atoms with Crippen molar-refractivity contribution in [3.8, 4) is 11.5 Å². The summed E-state index contributed by atoms with van der Waals surface area (Å²) in [5.74, 6) is -0.000897. The van der Waals surface area contributed by atoms with Crippen LogP contribution in [0.15, 0.2) is 41.3 Å². The van der Waals surface area contributed by atoms with Gasteiger partial charge < -0.3 is 14.8 Å². The Balaban J connectivity index is 2.22. The fourth-order valence-electron chi connectivity index (χ4n) is 2.38. The number of sulfonamides is 1. The molecule has 0 saturated carbocycles. The van der Waals surface area contributed by atoms with Crippen LogP contribution in [0.25, 0.3) is 0 Å². The van der Waals surface area contributed by atoms with Gasteiger partial charge in [-0.2, -0.15) is 4.31 Å². The monoisotopic (exact) mass is 446 g/mol. The Bertz CT molecular complexity index is 966. The van der Waals surface area contributed by atoms with Gasteiger partial charge in [0, 0.05) is 17.1 Å². The van der Waals surface area contributed by atoms with Gasteiger partial charge in [-0.25, -0.2) is 8.42 Å². The Kier molecular flexibility index (Phi) is 7.54. The van der Waals surface area contributed by atoms with Crippen molar-refractivity contribution < 1.29 is 22.7 Å². The molecule has 2 rings (SSSR count). The third kappa shape index (κ3) is 5.29. The molecule has 0 saturated heterocycles. The highest BCUT2D eigenvalue weighted by atomic mass is 35.5. The number of carbonyl (C=O) groups excluding carboxylic acids is 1. The summed E-state index contributed by atoms with van der Waals surface area (Å²) < 4.78 is 37.3. The maximum Gasteiger partial charge on any atom is 0.247 e. The van der Waals surface area contributed by atoms with Crippen molar-refractivity contribution in [2.45, 2.75) is 11.8 Å². The van der Waals surface area contributed by atoms with E-state index in [9.17, 15) is 13.2 Å². The van der Waals surface area contributed by atoms with E-state index in [0.29, 0.717) is 16.5 Å². The van der Waals surface area contributed by atoms with Crippen molar-refractivity contribution >= 4 is 44.8 Å². The molecule has 0 aliphatic rings. The highest BCUT2D eigenvalue weighted by molar-refractivity contribution is 7.89. The SMILES string of the molecule is CCOc1ccc(Cl)cc1S(=O)(=O)N(C)CC(=O)Nc1cc(Cl)ccc1OC. The Labute approximate surface area is 174 Å². The number of benzene rings is 2. The van der Waals surface area contributed by atoms with Crippen LogP contribution in [0.4, 0.5) is 5.69 Å². The minimum atomic E-state index is -4.02. The van der Waals surface area contributed by atoms with Crippen molar-refractivity contribution in [1.29, 1.82) is 0 Å². The predicted molar refractivity (Wildman–Crippen MR) is 109 cm³/mol. The molecule has 0 bridgehead atoms. The van der Waals surface area contributed by atoms with Crippen LogP contribution >= 0.6 is 23.2 Å². The van der Waals surface area contributed by atoms with Crippen LogP contribution in [0, 0.1) is 0 Å². The number of nitrogens with one attached hydrogen (secondary N) is 1. The fourth-order valence-corrected chi connectivity index (χ4v) is 4.07. The normalized spacial score (nSPS) is 11.4. The number of hydrogen-bond acceptors (Lipinski definition) is 5. The van der Waals surface area contributed by atoms with E-state index in [1.54, 1.807) is 19.1 Å². The first-order valence-corrected chi connectivity index (χ1v) is 10.4. The number of anilines is 1. The third-order valence-corrected chi connectivity index (χ3v) is 5.99. The number of methoxy groups -OCH3 is 1. The lowest BCUT2D eigenvalue weighted by Crippen LogP contribution is -2.35. The maximum absolute atomic E-state index is 12.9. The molecule has 7 nitrogen and oxygen atoms in total. The smallest absolute Gasteiger partial charge is 0.247 e. The zero-order chi connectivity index (χ0) is 20.9. The number of hydrogen-bond donors (Lipinski definition) is 1. The van der Waals surface area contributed by atoms with Gasteiger partial charge in [-0.3, -0.25) is 4.79 Å². The summed E-state index contributed by atoms with van der Waals surface area (Å²) in [6.45, 7) is 1.58. The summed E-state index contributed by atoms with van der Waals surface area (Å²) in [6.07, 6.45) is 0. The molecule has 1 amide bonds. The highest BCUT2D eigenvalue weighted by Gasteiger charge is 2.27. The lowest BCUT2D eigenvalue weighted by atomic mass is 10.3. The molecule has 0 radical (unpaired) electrons. The van der Waals surface area contributed by atoms with E-state index in [1.165, 1.54) is 38.4 Å². The first-order chi connectivity index (χ1) is 13.2. The van der Waals surface area contributed by atoms with Crippen LogP contribution in [0.5, 0.6) is 11.5 Å². The standard InChI is InChI=1S/C18H20Cl2N2O5S/c1-4-27-16-8-6-13(20)10-17(16)28(24,25)22(2)11-18(23)21-14-9-12(19)5-7-15(14)26-3/h5-10H,4,11H2,1-3H3,(H,21,23). The molecule has 0 aromatic heterocycles. The molecule has 28 heavy (non-hydrogen) atoms. The van der Waals surface area contributed by atoms with Gasteiger partial charge in [-0.1, -0.05) is 23.2 Å². The van der Waals surface area contributed by atoms with E-state index in [0.717, 1.165) is 4.31 Å². The first kappa shape index (κ1) is 22.3. The summed E-state index contributed by atoms with van der Waals surface area (Å²) in [4.78, 5) is 12.3. The molecule has 152 valence electrons. The number of nitrogens with zero attached hydrogens (tertiary/aromatic N) is 1. The molecule has 0 unspecified atom stereocenters. The molecule has 0 aliphatic carbocycles. The van der Waals surface area contributed by atoms with Gasteiger partial charge in [0.25, 0.3) is 0 Å². The van der Waals surface area contributed by atoms with Gasteiger partial charge in [-0.05, 0) is 43.3 Å². The van der Waals surface area contributed by atoms with Crippen LogP contribution in [0.3, 0.4) is 0 Å². The predicted octanol–water partition coefficient (Wildman–Crippen LogP) is 3.66. The average Bonchev–Trinajstić information content (AvgIpc) is 2.63. The zero-order valence-corrected chi connectivity index (χ0v) is 17.9. The molecule has 2 aromatic rings. The lowest BCUT2D eigenvalue weighted by Gasteiger charge is -2.19. The van der Waals surface area contributed by atoms with Crippen LogP contribution in [0.1, 0.15) is 6.92 Å². The summed E-state index contributed by atoms with van der Waals surface area (Å²) in [5.41, 5.74) is 0.337. The van der Waals surface area contributed by atoms with Crippen molar-refractivity contribution in [1.82, 2.24) is 4.31 Å². The van der Waals surface area contributed by atoms with Gasteiger partial charge in [-0.15, -0.1) is 0 Å². The molecule has 0 fully saturated rings. The van der Waals surface area contributed by atoms with Crippen molar-refractivity contribution in [3.63, 3.8) is 0 Å². The van der Waals surface area contributed by atoms with E-state index < -0.39 is 22.5 Å². The van der Waals surface area contributed by atoms with Gasteiger partial charge in [0.05, 0.1) is 25.9 Å². The van der Waals surface area contributed by atoms with Crippen molar-refractivity contribution in [3.05, 3.63) is 46.4 Å². The second kappa shape index (κ2) is 9.47. The first-order valence-electron chi connectivity index (χ1n) is 8.21. The number of rotatable bonds is 8. The topological polar surface area (TPSA) is 84.9 Å². The second-order valence-electron chi connectivity index (χ2n) is 5.68. The molecular formula is C18H20Cl2N2O5S. The van der Waals surface area contributed by atoms with Gasteiger partial charge >= 0.3 is 0 Å². The Morgan fingerprint density at radius 1 is 1.11 bits per heavy atom. The summed E-state index contributed by atoms with van der Waals surface area (Å²) in [7, 11) is -1.28. The largest absolute Gasteiger partial charge is 0.495 e. The van der Waals surface area contributed by atoms with Crippen LogP contribution < -0.4 is 14.8 Å². The number of likely N-dealkylation sites (N-methyl/N-ethyl adjacent to an activating group) is 1. The van der Waals surface area contributed by atoms with Crippen LogP contribution in [0.2, 0.25) is 10.0 Å². The zero-order valence-electron chi connectivity index (χ0n) is 15.5. The minimum Gasteiger partial charge on any atom is -0.495 e. The summed E-state index contributed by atoms with van der Waals surface area (Å²) in [6, 6.07) is 9.01. The van der Waals surface area contributed by atoms with Gasteiger partial charge in [0.2, 0.25) is 15.9 Å². The number of ether oxygens (including phenoxy) is 2. The van der Waals surface area contributed by atoms with E-state index in [4.69, 9.17) is 32.7 Å². The molecule has 2 aromatic carbocycles. The van der Waals surface area contributed by atoms with Crippen molar-refractivity contribution in [2.75, 3.05) is 32.6 Å². The second-order valence-corrected chi connectivity index (χ2v) is 8.56. The number of amides is 1. The van der Waals surface area contributed by atoms with Crippen LogP contribution in [-0.4, -0.2) is 45.9 Å². The molecule has 0 heterocycles. The maximum atomic E-state index is 12.9. The van der Waals surface area contributed by atoms with E-state index in [2.05, 4.69) is 5.32 Å². The van der Waals surface area contributed by atoms with Crippen LogP contribution in [-0.2, 0) is 14.8 Å². The number of carbonyl (C=O) groups is 1. The Morgan fingerprint density at radius 2 is 1.71 bits per heavy atom. The molecule has 1 N–H and O–H groups in total. The molecule has 0 atom stereocenters. The Hall–Kier alpha value is -2.00. The summed E-state index contributed by atoms with van der Waals surface area (Å²) >= 11 is 11.9. The summed E-state index contributed by atoms with van der Waals surface area (Å²) in [5, 5.41) is 3.24. The molecule has 0 spiro atoms. The average molecular weight is 447 g/mol. The highest BCUT2D eigenvalue weighted by Crippen LogP contribution is 2.30. The number of halogens is 2. The molecule has 0 aliphatic heterocycles. The van der Waals surface area contributed by atoms with E-state index in [-0.39, 0.29) is 22.3 Å². The van der Waals surface area contributed by atoms with E-state index in [1.807, 2.05) is 0 Å². The van der Waals surface area contributed by atoms with Gasteiger partial charge in [0.15, 0.2) is 0 Å². The quantitative estimate of drug-likeness (QED) is 0.668. The Morgan fingerprint density at radius 3 is 2.32 bits per heavy atom. The van der Waals surface area contributed by atoms with E-state index >= 15 is 0 Å². The lowest BCUT2D eigenvalue weighted by molar-refractivity contribution is -0.116. The molecule has 10 heteroatoms. The minimum absolute atomic E-state index is 0.113. The fraction of sp³-hybridized carbons (Fsp3) is 0.278. The van der Waals surface area contributed by atoms with Gasteiger partial charge in [0.1, 0.15) is 16.4 Å². The molecular weight excluding hydrogens is 427 g/mol. The third-order valence-electron chi connectivity index (χ3n) is 3.70.